The fourth-order valence-electron chi connectivity index (χ4n) is 3.74. The Labute approximate surface area is 180 Å². The SMILES string of the molecule is CC(=O)Nc1ccc(S(=O)(=O)NCc2cc(-c3cccs3)n(C3CCCC3)n2)cc1. The van der Waals surface area contributed by atoms with Crippen molar-refractivity contribution in [3.8, 4) is 10.6 Å². The molecule has 158 valence electrons. The molecular formula is C21H24N4O3S2. The van der Waals surface area contributed by atoms with E-state index in [1.807, 2.05) is 17.5 Å². The largest absolute Gasteiger partial charge is 0.326 e. The molecule has 1 fully saturated rings. The van der Waals surface area contributed by atoms with Gasteiger partial charge < -0.3 is 5.32 Å². The van der Waals surface area contributed by atoms with Gasteiger partial charge in [-0.25, -0.2) is 13.1 Å². The van der Waals surface area contributed by atoms with Crippen molar-refractivity contribution in [3.63, 3.8) is 0 Å². The number of nitrogens with one attached hydrogen (secondary N) is 2. The maximum absolute atomic E-state index is 12.7. The minimum absolute atomic E-state index is 0.119. The van der Waals surface area contributed by atoms with Crippen LogP contribution in [-0.2, 0) is 21.4 Å². The van der Waals surface area contributed by atoms with Gasteiger partial charge in [-0.3, -0.25) is 9.48 Å². The van der Waals surface area contributed by atoms with Crippen molar-refractivity contribution < 1.29 is 13.2 Å². The maximum Gasteiger partial charge on any atom is 0.240 e. The van der Waals surface area contributed by atoms with Crippen LogP contribution in [0.25, 0.3) is 10.6 Å². The summed E-state index contributed by atoms with van der Waals surface area (Å²) in [7, 11) is -3.69. The minimum atomic E-state index is -3.69. The van der Waals surface area contributed by atoms with Crippen LogP contribution in [-0.4, -0.2) is 24.1 Å². The molecule has 2 aromatic heterocycles. The number of benzene rings is 1. The number of thiophene rings is 1. The highest BCUT2D eigenvalue weighted by atomic mass is 32.2. The zero-order valence-corrected chi connectivity index (χ0v) is 18.3. The summed E-state index contributed by atoms with van der Waals surface area (Å²) in [6, 6.07) is 12.5. The lowest BCUT2D eigenvalue weighted by Gasteiger charge is -2.13. The number of aromatic nitrogens is 2. The highest BCUT2D eigenvalue weighted by molar-refractivity contribution is 7.89. The predicted octanol–water partition coefficient (Wildman–Crippen LogP) is 4.16. The van der Waals surface area contributed by atoms with Crippen molar-refractivity contribution in [2.75, 3.05) is 5.32 Å². The molecule has 9 heteroatoms. The van der Waals surface area contributed by atoms with E-state index in [2.05, 4.69) is 20.8 Å². The molecule has 1 amide bonds. The fourth-order valence-corrected chi connectivity index (χ4v) is 5.47. The lowest BCUT2D eigenvalue weighted by Crippen LogP contribution is -2.23. The van der Waals surface area contributed by atoms with Crippen molar-refractivity contribution in [2.24, 2.45) is 0 Å². The first-order valence-electron chi connectivity index (χ1n) is 9.92. The molecular weight excluding hydrogens is 420 g/mol. The molecule has 0 aliphatic heterocycles. The van der Waals surface area contributed by atoms with E-state index in [0.29, 0.717) is 17.4 Å². The average Bonchev–Trinajstić information content (AvgIpc) is 3.47. The van der Waals surface area contributed by atoms with Gasteiger partial charge in [0.15, 0.2) is 0 Å². The third-order valence-corrected chi connectivity index (χ3v) is 7.47. The summed E-state index contributed by atoms with van der Waals surface area (Å²) < 4.78 is 30.1. The first-order chi connectivity index (χ1) is 14.4. The standard InChI is InChI=1S/C21H24N4O3S2/c1-15(26)23-16-8-10-19(11-9-16)30(27,28)22-14-17-13-20(21-7-4-12-29-21)25(24-17)18-5-2-3-6-18/h4,7-13,18,22H,2-3,5-6,14H2,1H3,(H,23,26). The number of rotatable bonds is 7. The summed E-state index contributed by atoms with van der Waals surface area (Å²) in [4.78, 5) is 12.4. The van der Waals surface area contributed by atoms with E-state index in [0.717, 1.165) is 23.4 Å². The molecule has 0 saturated heterocycles. The topological polar surface area (TPSA) is 93.1 Å². The lowest BCUT2D eigenvalue weighted by atomic mass is 10.2. The molecule has 3 aromatic rings. The van der Waals surface area contributed by atoms with Crippen molar-refractivity contribution in [1.82, 2.24) is 14.5 Å². The number of sulfonamides is 1. The summed E-state index contributed by atoms with van der Waals surface area (Å²) >= 11 is 1.66. The number of anilines is 1. The Kier molecular flexibility index (Phi) is 6.03. The van der Waals surface area contributed by atoms with Crippen molar-refractivity contribution in [3.05, 3.63) is 53.5 Å². The minimum Gasteiger partial charge on any atom is -0.326 e. The van der Waals surface area contributed by atoms with Gasteiger partial charge in [0.05, 0.1) is 33.7 Å². The lowest BCUT2D eigenvalue weighted by molar-refractivity contribution is -0.114. The second-order valence-corrected chi connectivity index (χ2v) is 10.1. The fraction of sp³-hybridized carbons (Fsp3) is 0.333. The second-order valence-electron chi connectivity index (χ2n) is 7.41. The molecule has 7 nitrogen and oxygen atoms in total. The number of carbonyl (C=O) groups is 1. The first-order valence-corrected chi connectivity index (χ1v) is 12.3. The van der Waals surface area contributed by atoms with Crippen LogP contribution in [0.3, 0.4) is 0 Å². The highest BCUT2D eigenvalue weighted by Gasteiger charge is 2.23. The highest BCUT2D eigenvalue weighted by Crippen LogP contribution is 2.35. The normalized spacial score (nSPS) is 14.8. The van der Waals surface area contributed by atoms with Crippen LogP contribution in [0.1, 0.15) is 44.3 Å². The van der Waals surface area contributed by atoms with Crippen molar-refractivity contribution >= 4 is 33.0 Å². The van der Waals surface area contributed by atoms with Crippen LogP contribution in [0.5, 0.6) is 0 Å². The van der Waals surface area contributed by atoms with Gasteiger partial charge in [-0.05, 0) is 54.6 Å². The van der Waals surface area contributed by atoms with Crippen LogP contribution in [0.4, 0.5) is 5.69 Å². The Morgan fingerprint density at radius 1 is 1.20 bits per heavy atom. The Morgan fingerprint density at radius 3 is 2.57 bits per heavy atom. The van der Waals surface area contributed by atoms with Gasteiger partial charge in [-0.1, -0.05) is 18.9 Å². The summed E-state index contributed by atoms with van der Waals surface area (Å²) in [6.07, 6.45) is 4.60. The number of hydrogen-bond acceptors (Lipinski definition) is 5. The molecule has 0 spiro atoms. The Bertz CT molecular complexity index is 1110. The summed E-state index contributed by atoms with van der Waals surface area (Å²) in [5.41, 5.74) is 2.30. The third kappa shape index (κ3) is 4.63. The summed E-state index contributed by atoms with van der Waals surface area (Å²) in [5.74, 6) is -0.205. The van der Waals surface area contributed by atoms with Crippen LogP contribution in [0.15, 0.2) is 52.7 Å². The zero-order chi connectivity index (χ0) is 21.1. The van der Waals surface area contributed by atoms with Gasteiger partial charge in [0, 0.05) is 12.6 Å². The summed E-state index contributed by atoms with van der Waals surface area (Å²) in [5, 5.41) is 9.40. The molecule has 0 atom stereocenters. The number of nitrogens with zero attached hydrogens (tertiary/aromatic N) is 2. The maximum atomic E-state index is 12.7. The number of carbonyl (C=O) groups excluding carboxylic acids is 1. The monoisotopic (exact) mass is 444 g/mol. The molecule has 1 aliphatic rings. The molecule has 4 rings (SSSR count). The smallest absolute Gasteiger partial charge is 0.240 e. The molecule has 30 heavy (non-hydrogen) atoms. The predicted molar refractivity (Wildman–Crippen MR) is 118 cm³/mol. The number of amides is 1. The van der Waals surface area contributed by atoms with E-state index in [9.17, 15) is 13.2 Å². The quantitative estimate of drug-likeness (QED) is 0.572. The van der Waals surface area contributed by atoms with Crippen LogP contribution >= 0.6 is 11.3 Å². The van der Waals surface area contributed by atoms with Gasteiger partial charge in [0.2, 0.25) is 15.9 Å². The third-order valence-electron chi connectivity index (χ3n) is 5.16. The number of hydrogen-bond donors (Lipinski definition) is 2. The van der Waals surface area contributed by atoms with Crippen molar-refractivity contribution in [2.45, 2.75) is 50.1 Å². The van der Waals surface area contributed by atoms with E-state index < -0.39 is 10.0 Å². The summed E-state index contributed by atoms with van der Waals surface area (Å²) in [6.45, 7) is 1.52. The van der Waals surface area contributed by atoms with Gasteiger partial charge in [0.25, 0.3) is 0 Å². The van der Waals surface area contributed by atoms with E-state index in [1.165, 1.54) is 31.9 Å². The second kappa shape index (κ2) is 8.71. The molecule has 0 unspecified atom stereocenters. The van der Waals surface area contributed by atoms with E-state index in [1.54, 1.807) is 23.5 Å². The van der Waals surface area contributed by atoms with Gasteiger partial charge in [-0.2, -0.15) is 5.10 Å². The van der Waals surface area contributed by atoms with Gasteiger partial charge in [0.1, 0.15) is 0 Å². The van der Waals surface area contributed by atoms with E-state index in [4.69, 9.17) is 5.10 Å². The molecule has 2 N–H and O–H groups in total. The Balaban J connectivity index is 1.51. The van der Waals surface area contributed by atoms with Crippen LogP contribution in [0.2, 0.25) is 0 Å². The van der Waals surface area contributed by atoms with Crippen molar-refractivity contribution in [1.29, 1.82) is 0 Å². The van der Waals surface area contributed by atoms with E-state index in [-0.39, 0.29) is 17.3 Å². The molecule has 1 aromatic carbocycles. The van der Waals surface area contributed by atoms with Crippen LogP contribution in [0, 0.1) is 0 Å². The van der Waals surface area contributed by atoms with Gasteiger partial charge >= 0.3 is 0 Å². The Morgan fingerprint density at radius 2 is 1.93 bits per heavy atom. The van der Waals surface area contributed by atoms with Crippen LogP contribution < -0.4 is 10.0 Å². The molecule has 0 radical (unpaired) electrons. The molecule has 0 bridgehead atoms. The Hall–Kier alpha value is -2.49. The molecule has 1 saturated carbocycles. The first kappa shape index (κ1) is 20.8. The van der Waals surface area contributed by atoms with E-state index >= 15 is 0 Å². The molecule has 2 heterocycles. The average molecular weight is 445 g/mol. The zero-order valence-electron chi connectivity index (χ0n) is 16.7. The molecule has 1 aliphatic carbocycles. The van der Waals surface area contributed by atoms with Gasteiger partial charge in [-0.15, -0.1) is 11.3 Å².